The van der Waals surface area contributed by atoms with Crippen molar-refractivity contribution in [2.75, 3.05) is 0 Å². The molecule has 4 rings (SSSR count). The highest BCUT2D eigenvalue weighted by atomic mass is 16.3. The van der Waals surface area contributed by atoms with E-state index in [4.69, 9.17) is 4.98 Å². The van der Waals surface area contributed by atoms with Crippen molar-refractivity contribution >= 4 is 5.52 Å². The third-order valence-electron chi connectivity index (χ3n) is 4.96. The maximum atomic E-state index is 9.58. The van der Waals surface area contributed by atoms with Crippen LogP contribution in [0.5, 0.6) is 0 Å². The van der Waals surface area contributed by atoms with Crippen molar-refractivity contribution in [3.8, 4) is 22.5 Å². The summed E-state index contributed by atoms with van der Waals surface area (Å²) in [6.45, 7) is 6.53. The molecule has 0 aliphatic rings. The van der Waals surface area contributed by atoms with Crippen LogP contribution < -0.4 is 0 Å². The highest BCUT2D eigenvalue weighted by Crippen LogP contribution is 2.27. The van der Waals surface area contributed by atoms with Gasteiger partial charge in [0.05, 0.1) is 60.4 Å². The molecule has 146 valence electrons. The molecule has 0 aliphatic heterocycles. The normalized spacial score (nSPS) is 12.9. The van der Waals surface area contributed by atoms with Crippen molar-refractivity contribution in [2.24, 2.45) is 0 Å². The van der Waals surface area contributed by atoms with Crippen molar-refractivity contribution in [3.05, 3.63) is 43.2 Å². The number of hydrogen-bond donors (Lipinski definition) is 1. The van der Waals surface area contributed by atoms with Gasteiger partial charge in [-0.05, 0) is 25.8 Å². The zero-order valence-corrected chi connectivity index (χ0v) is 16.4. The zero-order chi connectivity index (χ0) is 19.7. The van der Waals surface area contributed by atoms with Crippen molar-refractivity contribution in [1.29, 1.82) is 0 Å². The fourth-order valence-corrected chi connectivity index (χ4v) is 3.47. The second-order valence-corrected chi connectivity index (χ2v) is 7.12. The minimum atomic E-state index is -0.458. The summed E-state index contributed by atoms with van der Waals surface area (Å²) < 4.78 is 5.58. The Morgan fingerprint density at radius 3 is 2.54 bits per heavy atom. The van der Waals surface area contributed by atoms with Gasteiger partial charge >= 0.3 is 0 Å². The van der Waals surface area contributed by atoms with Crippen LogP contribution in [0.25, 0.3) is 28.0 Å². The molecule has 0 unspecified atom stereocenters. The number of aliphatic hydroxyl groups excluding tert-OH is 1. The Morgan fingerprint density at radius 1 is 1.00 bits per heavy atom. The smallest absolute Gasteiger partial charge is 0.0999 e. The van der Waals surface area contributed by atoms with Crippen LogP contribution >= 0.6 is 0 Å². The van der Waals surface area contributed by atoms with Gasteiger partial charge in [0.25, 0.3) is 0 Å². The minimum Gasteiger partial charge on any atom is -0.391 e. The molecule has 0 saturated heterocycles. The van der Waals surface area contributed by atoms with Gasteiger partial charge in [0.1, 0.15) is 0 Å². The van der Waals surface area contributed by atoms with E-state index in [-0.39, 0.29) is 0 Å². The van der Waals surface area contributed by atoms with E-state index in [0.29, 0.717) is 12.6 Å². The Bertz CT molecular complexity index is 1070. The molecular weight excluding hydrogens is 354 g/mol. The van der Waals surface area contributed by atoms with Crippen LogP contribution in [0.2, 0.25) is 0 Å². The molecule has 1 N–H and O–H groups in total. The first-order chi connectivity index (χ1) is 13.6. The van der Waals surface area contributed by atoms with E-state index in [1.54, 1.807) is 24.0 Å². The van der Waals surface area contributed by atoms with Crippen LogP contribution in [0.15, 0.2) is 43.2 Å². The molecule has 0 saturated carbocycles. The van der Waals surface area contributed by atoms with Crippen LogP contribution in [-0.4, -0.2) is 45.4 Å². The van der Waals surface area contributed by atoms with Gasteiger partial charge < -0.3 is 5.11 Å². The van der Waals surface area contributed by atoms with Crippen LogP contribution in [0, 0.1) is 0 Å². The molecule has 4 aromatic rings. The molecule has 0 aliphatic carbocycles. The van der Waals surface area contributed by atoms with Crippen molar-refractivity contribution in [1.82, 2.24) is 34.2 Å². The van der Waals surface area contributed by atoms with E-state index in [2.05, 4.69) is 35.3 Å². The van der Waals surface area contributed by atoms with E-state index in [9.17, 15) is 5.11 Å². The highest BCUT2D eigenvalue weighted by Gasteiger charge is 2.15. The van der Waals surface area contributed by atoms with Gasteiger partial charge in [-0.2, -0.15) is 15.3 Å². The lowest BCUT2D eigenvalue weighted by molar-refractivity contribution is 0.168. The van der Waals surface area contributed by atoms with Gasteiger partial charge in [-0.1, -0.05) is 13.8 Å². The quantitative estimate of drug-likeness (QED) is 0.533. The molecule has 0 spiro atoms. The highest BCUT2D eigenvalue weighted by molar-refractivity contribution is 5.78. The summed E-state index contributed by atoms with van der Waals surface area (Å²) in [7, 11) is 0. The third-order valence-corrected chi connectivity index (χ3v) is 4.96. The zero-order valence-electron chi connectivity index (χ0n) is 16.4. The average Bonchev–Trinajstić information content (AvgIpc) is 3.42. The molecule has 0 bridgehead atoms. The van der Waals surface area contributed by atoms with E-state index in [1.807, 2.05) is 33.9 Å². The number of aromatic nitrogens is 7. The maximum Gasteiger partial charge on any atom is 0.0999 e. The number of aliphatic hydroxyl groups is 1. The van der Waals surface area contributed by atoms with Crippen LogP contribution in [0.4, 0.5) is 0 Å². The summed E-state index contributed by atoms with van der Waals surface area (Å²) in [4.78, 5) is 4.90. The molecular formula is C20H25N7O. The molecule has 8 nitrogen and oxygen atoms in total. The molecule has 4 aromatic heterocycles. The number of rotatable bonds is 7. The fraction of sp³-hybridized carbons (Fsp3) is 0.400. The first-order valence-corrected chi connectivity index (χ1v) is 9.68. The first kappa shape index (κ1) is 18.4. The van der Waals surface area contributed by atoms with Crippen molar-refractivity contribution in [3.63, 3.8) is 0 Å². The summed E-state index contributed by atoms with van der Waals surface area (Å²) in [6, 6.07) is 2.34. The molecule has 8 heteroatoms. The van der Waals surface area contributed by atoms with Gasteiger partial charge in [-0.15, -0.1) is 0 Å². The van der Waals surface area contributed by atoms with Crippen LogP contribution in [-0.2, 0) is 6.54 Å². The lowest BCUT2D eigenvalue weighted by atomic mass is 10.1. The summed E-state index contributed by atoms with van der Waals surface area (Å²) in [6.07, 6.45) is 12.9. The maximum absolute atomic E-state index is 9.58. The minimum absolute atomic E-state index is 0.386. The Balaban J connectivity index is 1.77. The molecule has 4 heterocycles. The van der Waals surface area contributed by atoms with Crippen molar-refractivity contribution in [2.45, 2.75) is 52.3 Å². The fourth-order valence-electron chi connectivity index (χ4n) is 3.47. The first-order valence-electron chi connectivity index (χ1n) is 9.68. The monoisotopic (exact) mass is 379 g/mol. The van der Waals surface area contributed by atoms with Gasteiger partial charge in [-0.25, -0.2) is 9.50 Å². The van der Waals surface area contributed by atoms with Crippen LogP contribution in [0.1, 0.15) is 39.7 Å². The summed E-state index contributed by atoms with van der Waals surface area (Å²) >= 11 is 0. The van der Waals surface area contributed by atoms with E-state index < -0.39 is 6.10 Å². The topological polar surface area (TPSA) is 86.1 Å². The molecule has 0 radical (unpaired) electrons. The molecule has 0 aromatic carbocycles. The Kier molecular flexibility index (Phi) is 4.95. The lowest BCUT2D eigenvalue weighted by Crippen LogP contribution is -2.11. The van der Waals surface area contributed by atoms with Crippen molar-refractivity contribution < 1.29 is 5.11 Å². The van der Waals surface area contributed by atoms with E-state index in [1.165, 1.54) is 0 Å². The van der Waals surface area contributed by atoms with Crippen LogP contribution in [0.3, 0.4) is 0 Å². The summed E-state index contributed by atoms with van der Waals surface area (Å²) in [5, 5.41) is 22.9. The Hall–Kier alpha value is -3.00. The predicted octanol–water partition coefficient (Wildman–Crippen LogP) is 3.20. The second kappa shape index (κ2) is 7.55. The molecule has 28 heavy (non-hydrogen) atoms. The SMILES string of the molecule is CCC(CC)n1cc(-c2nc(-c3cnn(C[C@H](C)O)c3)cn3nccc23)cn1. The third kappa shape index (κ3) is 3.43. The van der Waals surface area contributed by atoms with E-state index >= 15 is 0 Å². The second-order valence-electron chi connectivity index (χ2n) is 7.12. The standard InChI is InChI=1S/C20H25N7O/c1-4-17(5-2)26-12-16(9-23-26)20-19-6-7-21-27(19)13-18(24-20)15-8-22-25(11-15)10-14(3)28/h6-9,11-14,17,28H,4-5,10H2,1-3H3/t14-/m0/s1. The Morgan fingerprint density at radius 2 is 1.79 bits per heavy atom. The molecule has 0 fully saturated rings. The molecule has 1 atom stereocenters. The number of nitrogens with zero attached hydrogens (tertiary/aromatic N) is 7. The van der Waals surface area contributed by atoms with Gasteiger partial charge in [0.2, 0.25) is 0 Å². The Labute approximate surface area is 163 Å². The summed E-state index contributed by atoms with van der Waals surface area (Å²) in [5.41, 5.74) is 4.40. The van der Waals surface area contributed by atoms with Gasteiger partial charge in [0.15, 0.2) is 0 Å². The number of fused-ring (bicyclic) bond motifs is 1. The average molecular weight is 379 g/mol. The van der Waals surface area contributed by atoms with Gasteiger partial charge in [-0.3, -0.25) is 9.36 Å². The molecule has 0 amide bonds. The predicted molar refractivity (Wildman–Crippen MR) is 107 cm³/mol. The summed E-state index contributed by atoms with van der Waals surface area (Å²) in [5.74, 6) is 0. The lowest BCUT2D eigenvalue weighted by Gasteiger charge is -2.12. The largest absolute Gasteiger partial charge is 0.391 e. The number of hydrogen-bond acceptors (Lipinski definition) is 5. The van der Waals surface area contributed by atoms with E-state index in [0.717, 1.165) is 40.9 Å². The van der Waals surface area contributed by atoms with Gasteiger partial charge in [0, 0.05) is 23.5 Å².